The number of halogens is 1. The summed E-state index contributed by atoms with van der Waals surface area (Å²) in [6.07, 6.45) is 1.25. The van der Waals surface area contributed by atoms with E-state index in [1.807, 2.05) is 0 Å². The fraction of sp³-hybridized carbons (Fsp3) is 0.484. The minimum Gasteiger partial charge on any atom is -0.464 e. The molecule has 44 heavy (non-hydrogen) atoms. The molecule has 0 bridgehead atoms. The third-order valence-corrected chi connectivity index (χ3v) is 7.17. The van der Waals surface area contributed by atoms with Gasteiger partial charge in [-0.05, 0) is 54.7 Å². The number of amides is 2. The minimum absolute atomic E-state index is 0.0629. The van der Waals surface area contributed by atoms with Gasteiger partial charge in [-0.15, -0.1) is 0 Å². The van der Waals surface area contributed by atoms with Crippen molar-refractivity contribution in [3.8, 4) is 11.5 Å². The summed E-state index contributed by atoms with van der Waals surface area (Å²) < 4.78 is 39.2. The molecule has 2 aliphatic rings. The molecular formula is C31H35FN2O10. The number of β-lactam (4-membered cyclic amide) rings is 1. The number of likely N-dealkylation sites (tertiary alicyclic amines) is 1. The minimum atomic E-state index is -2.28. The van der Waals surface area contributed by atoms with Crippen LogP contribution in [-0.4, -0.2) is 65.1 Å². The van der Waals surface area contributed by atoms with E-state index in [1.165, 1.54) is 6.20 Å². The van der Waals surface area contributed by atoms with Crippen LogP contribution >= 0.6 is 0 Å². The van der Waals surface area contributed by atoms with Crippen LogP contribution in [0.5, 0.6) is 11.5 Å². The van der Waals surface area contributed by atoms with E-state index < -0.39 is 60.4 Å². The smallest absolute Gasteiger partial charge is 0.404 e. The van der Waals surface area contributed by atoms with Gasteiger partial charge < -0.3 is 23.7 Å². The third-order valence-electron chi connectivity index (χ3n) is 7.17. The summed E-state index contributed by atoms with van der Waals surface area (Å²) >= 11 is 0. The van der Waals surface area contributed by atoms with Crippen LogP contribution in [0, 0.1) is 11.8 Å². The fourth-order valence-electron chi connectivity index (χ4n) is 4.93. The molecule has 0 radical (unpaired) electrons. The number of aromatic nitrogens is 1. The number of hydrogen-bond acceptors (Lipinski definition) is 11. The van der Waals surface area contributed by atoms with Crippen molar-refractivity contribution in [2.45, 2.75) is 71.9 Å². The molecule has 2 amide bonds. The number of nitrogens with zero attached hydrogens (tertiary/aromatic N) is 2. The first-order valence-corrected chi connectivity index (χ1v) is 14.3. The van der Waals surface area contributed by atoms with E-state index in [9.17, 15) is 28.4 Å². The molecule has 0 saturated carbocycles. The molecule has 12 nitrogen and oxygen atoms in total. The Bertz CT molecular complexity index is 1440. The number of carbonyl (C=O) groups excluding carboxylic acids is 5. The molecule has 2 aromatic rings. The van der Waals surface area contributed by atoms with Gasteiger partial charge in [0.1, 0.15) is 6.04 Å². The molecule has 1 aromatic heterocycles. The van der Waals surface area contributed by atoms with Gasteiger partial charge in [0.15, 0.2) is 11.5 Å². The van der Waals surface area contributed by atoms with Crippen molar-refractivity contribution in [3.05, 3.63) is 53.3 Å². The van der Waals surface area contributed by atoms with Crippen LogP contribution in [0.4, 0.5) is 4.39 Å². The van der Waals surface area contributed by atoms with E-state index in [4.69, 9.17) is 23.7 Å². The zero-order valence-corrected chi connectivity index (χ0v) is 25.2. The molecule has 1 fully saturated rings. The lowest BCUT2D eigenvalue weighted by Crippen LogP contribution is -2.67. The number of carbonyl (C=O) groups is 5. The third kappa shape index (κ3) is 7.50. The quantitative estimate of drug-likeness (QED) is 0.197. The van der Waals surface area contributed by atoms with E-state index >= 15 is 0 Å². The number of pyridine rings is 1. The zero-order valence-electron chi connectivity index (χ0n) is 25.2. The Labute approximate surface area is 253 Å². The zero-order chi connectivity index (χ0) is 32.2. The highest BCUT2D eigenvalue weighted by atomic mass is 19.2. The summed E-state index contributed by atoms with van der Waals surface area (Å²) in [6.45, 7) is 7.39. The van der Waals surface area contributed by atoms with Gasteiger partial charge in [-0.25, -0.2) is 4.79 Å². The maximum Gasteiger partial charge on any atom is 0.404 e. The highest BCUT2D eigenvalue weighted by molar-refractivity contribution is 6.08. The van der Waals surface area contributed by atoms with Gasteiger partial charge in [-0.1, -0.05) is 26.8 Å². The summed E-state index contributed by atoms with van der Waals surface area (Å²) in [7, 11) is 0. The van der Waals surface area contributed by atoms with Crippen LogP contribution < -0.4 is 9.47 Å². The van der Waals surface area contributed by atoms with Crippen molar-refractivity contribution in [2.75, 3.05) is 13.4 Å². The van der Waals surface area contributed by atoms with Gasteiger partial charge in [-0.2, -0.15) is 4.39 Å². The SMILES string of the molecule is CCOC(=O)[C@@H]1[C@@H](Cc2ccnc(CC(=O)OCOC(=O)C(C)C)c2)C(=O)N1C(=O)C[C@H](C)c1ccc2c(c1)OC(C)(F)O2. The van der Waals surface area contributed by atoms with Crippen molar-refractivity contribution in [2.24, 2.45) is 11.8 Å². The van der Waals surface area contributed by atoms with Crippen LogP contribution in [0.25, 0.3) is 0 Å². The number of benzene rings is 1. The van der Waals surface area contributed by atoms with Crippen LogP contribution in [0.2, 0.25) is 0 Å². The van der Waals surface area contributed by atoms with E-state index in [-0.39, 0.29) is 43.3 Å². The van der Waals surface area contributed by atoms with Crippen LogP contribution in [0.15, 0.2) is 36.5 Å². The standard InChI is InChI=1S/C31H35FN2O10/c1-6-40-30(39)27-22(13-19-9-10-33-21(12-19)15-26(36)41-16-42-29(38)17(2)3)28(37)34(27)25(35)11-18(4)20-7-8-23-24(14-20)44-31(5,32)43-23/h7-10,12,14,17-18,22,27H,6,11,13,15-16H2,1-5H3/t18-,22+,27-,31?/m0/s1. The molecule has 4 rings (SSSR count). The predicted molar refractivity (Wildman–Crippen MR) is 150 cm³/mol. The number of ether oxygens (including phenoxy) is 5. The van der Waals surface area contributed by atoms with Gasteiger partial charge in [0.2, 0.25) is 18.6 Å². The monoisotopic (exact) mass is 614 g/mol. The first kappa shape index (κ1) is 32.4. The summed E-state index contributed by atoms with van der Waals surface area (Å²) in [6, 6.07) is 4.65. The number of fused-ring (bicyclic) bond motifs is 1. The fourth-order valence-corrected chi connectivity index (χ4v) is 4.93. The number of imide groups is 1. The Morgan fingerprint density at radius 1 is 1.05 bits per heavy atom. The molecular weight excluding hydrogens is 579 g/mol. The van der Waals surface area contributed by atoms with Crippen LogP contribution in [0.1, 0.15) is 63.8 Å². The maximum atomic E-state index is 14.1. The molecule has 1 saturated heterocycles. The number of alkyl halides is 1. The largest absolute Gasteiger partial charge is 0.464 e. The van der Waals surface area contributed by atoms with Crippen molar-refractivity contribution in [3.63, 3.8) is 0 Å². The highest BCUT2D eigenvalue weighted by Gasteiger charge is 2.55. The van der Waals surface area contributed by atoms with Crippen LogP contribution in [0.3, 0.4) is 0 Å². The predicted octanol–water partition coefficient (Wildman–Crippen LogP) is 3.39. The summed E-state index contributed by atoms with van der Waals surface area (Å²) in [5.41, 5.74) is 1.62. The second kappa shape index (κ2) is 13.4. The van der Waals surface area contributed by atoms with Gasteiger partial charge in [0.05, 0.1) is 30.6 Å². The second-order valence-electron chi connectivity index (χ2n) is 11.0. The Morgan fingerprint density at radius 2 is 1.77 bits per heavy atom. The van der Waals surface area contributed by atoms with Gasteiger partial charge in [0.25, 0.3) is 0 Å². The Morgan fingerprint density at radius 3 is 2.48 bits per heavy atom. The number of hydrogen-bond donors (Lipinski definition) is 0. The first-order chi connectivity index (χ1) is 20.8. The molecule has 0 N–H and O–H groups in total. The summed E-state index contributed by atoms with van der Waals surface area (Å²) in [4.78, 5) is 68.2. The van der Waals surface area contributed by atoms with Crippen molar-refractivity contribution < 1.29 is 52.0 Å². The van der Waals surface area contributed by atoms with E-state index in [0.29, 0.717) is 16.8 Å². The Kier molecular flexibility index (Phi) is 9.85. The molecule has 0 spiro atoms. The average Bonchev–Trinajstić information content (AvgIpc) is 3.27. The lowest BCUT2D eigenvalue weighted by Gasteiger charge is -2.44. The number of esters is 3. The lowest BCUT2D eigenvalue weighted by molar-refractivity contribution is -0.179. The number of rotatable bonds is 12. The molecule has 1 aromatic carbocycles. The molecule has 1 unspecified atom stereocenters. The normalized spacial score (nSPS) is 21.0. The molecule has 0 aliphatic carbocycles. The molecule has 2 aliphatic heterocycles. The van der Waals surface area contributed by atoms with Crippen molar-refractivity contribution in [1.82, 2.24) is 9.88 Å². The van der Waals surface area contributed by atoms with Gasteiger partial charge in [0, 0.05) is 19.5 Å². The van der Waals surface area contributed by atoms with Crippen LogP contribution in [-0.2, 0) is 51.0 Å². The van der Waals surface area contributed by atoms with E-state index in [0.717, 1.165) is 11.8 Å². The van der Waals surface area contributed by atoms with Gasteiger partial charge >= 0.3 is 23.9 Å². The molecule has 236 valence electrons. The summed E-state index contributed by atoms with van der Waals surface area (Å²) in [5, 5.41) is 0. The van der Waals surface area contributed by atoms with E-state index in [2.05, 4.69) is 4.98 Å². The lowest BCUT2D eigenvalue weighted by atomic mass is 9.81. The Hall–Kier alpha value is -4.55. The van der Waals surface area contributed by atoms with Crippen molar-refractivity contribution >= 4 is 29.7 Å². The highest BCUT2D eigenvalue weighted by Crippen LogP contribution is 2.42. The maximum absolute atomic E-state index is 14.1. The first-order valence-electron chi connectivity index (χ1n) is 14.3. The molecule has 13 heteroatoms. The van der Waals surface area contributed by atoms with Gasteiger partial charge in [-0.3, -0.25) is 29.1 Å². The second-order valence-corrected chi connectivity index (χ2v) is 11.0. The Balaban J connectivity index is 1.39. The molecule has 4 atom stereocenters. The van der Waals surface area contributed by atoms with Crippen molar-refractivity contribution in [1.29, 1.82) is 0 Å². The summed E-state index contributed by atoms with van der Waals surface area (Å²) in [5.74, 6) is -4.11. The van der Waals surface area contributed by atoms with E-state index in [1.54, 1.807) is 58.0 Å². The topological polar surface area (TPSA) is 148 Å². The molecule has 3 heterocycles. The average molecular weight is 615 g/mol.